The van der Waals surface area contributed by atoms with E-state index in [0.29, 0.717) is 22.5 Å². The molecule has 2 rings (SSSR count). The van der Waals surface area contributed by atoms with Gasteiger partial charge >= 0.3 is 0 Å². The summed E-state index contributed by atoms with van der Waals surface area (Å²) in [6.45, 7) is 1.85. The maximum Gasteiger partial charge on any atom is 0.256 e. The molecular formula is C16H17N3O2. The fraction of sp³-hybridized carbons (Fsp3) is 0.125. The van der Waals surface area contributed by atoms with E-state index in [1.807, 2.05) is 6.92 Å². The lowest BCUT2D eigenvalue weighted by molar-refractivity contribution is 0.0962. The molecule has 0 unspecified atom stereocenters. The van der Waals surface area contributed by atoms with Crippen LogP contribution in [0.25, 0.3) is 0 Å². The zero-order chi connectivity index (χ0) is 15.4. The van der Waals surface area contributed by atoms with Gasteiger partial charge in [-0.2, -0.15) is 0 Å². The van der Waals surface area contributed by atoms with E-state index < -0.39 is 0 Å². The van der Waals surface area contributed by atoms with Crippen LogP contribution in [0, 0.1) is 6.92 Å². The van der Waals surface area contributed by atoms with Crippen molar-refractivity contribution in [1.82, 2.24) is 5.32 Å². The zero-order valence-electron chi connectivity index (χ0n) is 11.9. The topological polar surface area (TPSA) is 84.2 Å². The molecular weight excluding hydrogens is 266 g/mol. The van der Waals surface area contributed by atoms with Gasteiger partial charge in [0.05, 0.1) is 0 Å². The van der Waals surface area contributed by atoms with Gasteiger partial charge in [-0.05, 0) is 48.9 Å². The molecule has 0 fully saturated rings. The van der Waals surface area contributed by atoms with Gasteiger partial charge in [0.15, 0.2) is 0 Å². The Morgan fingerprint density at radius 2 is 1.67 bits per heavy atom. The van der Waals surface area contributed by atoms with Crippen molar-refractivity contribution in [1.29, 1.82) is 0 Å². The van der Waals surface area contributed by atoms with Crippen LogP contribution in [0.1, 0.15) is 26.3 Å². The van der Waals surface area contributed by atoms with Crippen LogP contribution in [0.2, 0.25) is 0 Å². The third kappa shape index (κ3) is 3.39. The van der Waals surface area contributed by atoms with Crippen LogP contribution in [-0.2, 0) is 0 Å². The molecule has 0 atom stereocenters. The SMILES string of the molecule is CNC(=O)c1ccc(NC(=O)c2cc(N)ccc2C)cc1. The minimum Gasteiger partial charge on any atom is -0.399 e. The number of anilines is 2. The second kappa shape index (κ2) is 6.09. The molecule has 5 heteroatoms. The lowest BCUT2D eigenvalue weighted by atomic mass is 10.1. The number of nitrogens with one attached hydrogen (secondary N) is 2. The molecule has 0 saturated heterocycles. The Morgan fingerprint density at radius 3 is 2.29 bits per heavy atom. The minimum atomic E-state index is -0.229. The van der Waals surface area contributed by atoms with Gasteiger partial charge < -0.3 is 16.4 Å². The van der Waals surface area contributed by atoms with Crippen molar-refractivity contribution in [3.8, 4) is 0 Å². The van der Waals surface area contributed by atoms with Crippen LogP contribution in [-0.4, -0.2) is 18.9 Å². The maximum atomic E-state index is 12.2. The van der Waals surface area contributed by atoms with Crippen molar-refractivity contribution in [2.75, 3.05) is 18.1 Å². The number of hydrogen-bond donors (Lipinski definition) is 3. The minimum absolute atomic E-state index is 0.167. The molecule has 0 aromatic heterocycles. The Morgan fingerprint density at radius 1 is 1.00 bits per heavy atom. The van der Waals surface area contributed by atoms with Gasteiger partial charge in [0, 0.05) is 29.5 Å². The van der Waals surface area contributed by atoms with Crippen LogP contribution in [0.15, 0.2) is 42.5 Å². The average molecular weight is 283 g/mol. The van der Waals surface area contributed by atoms with E-state index in [9.17, 15) is 9.59 Å². The Hall–Kier alpha value is -2.82. The monoisotopic (exact) mass is 283 g/mol. The summed E-state index contributed by atoms with van der Waals surface area (Å²) in [5.41, 5.74) is 8.79. The summed E-state index contributed by atoms with van der Waals surface area (Å²) in [5, 5.41) is 5.33. The van der Waals surface area contributed by atoms with E-state index in [-0.39, 0.29) is 11.8 Å². The van der Waals surface area contributed by atoms with E-state index in [0.717, 1.165) is 5.56 Å². The van der Waals surface area contributed by atoms with Gasteiger partial charge in [-0.25, -0.2) is 0 Å². The Bertz CT molecular complexity index is 678. The molecule has 0 aliphatic carbocycles. The van der Waals surface area contributed by atoms with Crippen molar-refractivity contribution < 1.29 is 9.59 Å². The fourth-order valence-electron chi connectivity index (χ4n) is 1.93. The van der Waals surface area contributed by atoms with Crippen LogP contribution in [0.3, 0.4) is 0 Å². The van der Waals surface area contributed by atoms with Crippen molar-refractivity contribution in [3.63, 3.8) is 0 Å². The Kier molecular flexibility index (Phi) is 4.23. The second-order valence-electron chi connectivity index (χ2n) is 4.68. The molecule has 2 aromatic rings. The van der Waals surface area contributed by atoms with Crippen LogP contribution < -0.4 is 16.4 Å². The molecule has 5 nitrogen and oxygen atoms in total. The number of nitrogens with two attached hydrogens (primary N) is 1. The highest BCUT2D eigenvalue weighted by atomic mass is 16.2. The van der Waals surface area contributed by atoms with Gasteiger partial charge in [-0.1, -0.05) is 6.07 Å². The summed E-state index contributed by atoms with van der Waals surface area (Å²) in [4.78, 5) is 23.7. The second-order valence-corrected chi connectivity index (χ2v) is 4.68. The van der Waals surface area contributed by atoms with Gasteiger partial charge in [-0.3, -0.25) is 9.59 Å². The highest BCUT2D eigenvalue weighted by Crippen LogP contribution is 2.16. The van der Waals surface area contributed by atoms with Crippen LogP contribution in [0.4, 0.5) is 11.4 Å². The van der Waals surface area contributed by atoms with Gasteiger partial charge in [0.25, 0.3) is 11.8 Å². The molecule has 0 spiro atoms. The molecule has 0 aliphatic heterocycles. The molecule has 21 heavy (non-hydrogen) atoms. The number of aryl methyl sites for hydroxylation is 1. The number of nitrogen functional groups attached to an aromatic ring is 1. The zero-order valence-corrected chi connectivity index (χ0v) is 11.9. The molecule has 0 saturated carbocycles. The van der Waals surface area contributed by atoms with Gasteiger partial charge in [0.1, 0.15) is 0 Å². The fourth-order valence-corrected chi connectivity index (χ4v) is 1.93. The highest BCUT2D eigenvalue weighted by Gasteiger charge is 2.10. The number of rotatable bonds is 3. The lowest BCUT2D eigenvalue weighted by Gasteiger charge is -2.09. The van der Waals surface area contributed by atoms with Crippen molar-refractivity contribution >= 4 is 23.2 Å². The number of amides is 2. The van der Waals surface area contributed by atoms with Crippen molar-refractivity contribution in [2.24, 2.45) is 0 Å². The Labute approximate surface area is 123 Å². The predicted octanol–water partition coefficient (Wildman–Crippen LogP) is 2.19. The quantitative estimate of drug-likeness (QED) is 0.755. The lowest BCUT2D eigenvalue weighted by Crippen LogP contribution is -2.18. The first-order valence-electron chi connectivity index (χ1n) is 6.51. The number of benzene rings is 2. The van der Waals surface area contributed by atoms with Crippen LogP contribution >= 0.6 is 0 Å². The summed E-state index contributed by atoms with van der Waals surface area (Å²) < 4.78 is 0. The normalized spacial score (nSPS) is 10.0. The molecule has 2 amide bonds. The molecule has 0 bridgehead atoms. The maximum absolute atomic E-state index is 12.2. The summed E-state index contributed by atoms with van der Waals surface area (Å²) in [6, 6.07) is 11.9. The van der Waals surface area contributed by atoms with E-state index in [1.54, 1.807) is 49.5 Å². The van der Waals surface area contributed by atoms with E-state index in [2.05, 4.69) is 10.6 Å². The number of carbonyl (C=O) groups excluding carboxylic acids is 2. The summed E-state index contributed by atoms with van der Waals surface area (Å²) in [5.74, 6) is -0.396. The first-order chi connectivity index (χ1) is 10.0. The molecule has 0 radical (unpaired) electrons. The van der Waals surface area contributed by atoms with Crippen LogP contribution in [0.5, 0.6) is 0 Å². The summed E-state index contributed by atoms with van der Waals surface area (Å²) in [7, 11) is 1.57. The smallest absolute Gasteiger partial charge is 0.256 e. The first-order valence-corrected chi connectivity index (χ1v) is 6.51. The summed E-state index contributed by atoms with van der Waals surface area (Å²) in [6.07, 6.45) is 0. The Balaban J connectivity index is 2.16. The molecule has 2 aromatic carbocycles. The third-order valence-electron chi connectivity index (χ3n) is 3.14. The highest BCUT2D eigenvalue weighted by molar-refractivity contribution is 6.06. The van der Waals surface area contributed by atoms with Gasteiger partial charge in [-0.15, -0.1) is 0 Å². The predicted molar refractivity (Wildman–Crippen MR) is 83.4 cm³/mol. The van der Waals surface area contributed by atoms with Crippen molar-refractivity contribution in [2.45, 2.75) is 6.92 Å². The molecule has 0 aliphatic rings. The number of carbonyl (C=O) groups is 2. The average Bonchev–Trinajstić information content (AvgIpc) is 2.49. The largest absolute Gasteiger partial charge is 0.399 e. The van der Waals surface area contributed by atoms with E-state index in [4.69, 9.17) is 5.73 Å². The molecule has 108 valence electrons. The molecule has 0 heterocycles. The van der Waals surface area contributed by atoms with Gasteiger partial charge in [0.2, 0.25) is 0 Å². The molecule has 4 N–H and O–H groups in total. The standard InChI is InChI=1S/C16H17N3O2/c1-10-3-6-12(17)9-14(10)16(21)19-13-7-4-11(5-8-13)15(20)18-2/h3-9H,17H2,1-2H3,(H,18,20)(H,19,21). The van der Waals surface area contributed by atoms with E-state index >= 15 is 0 Å². The number of hydrogen-bond acceptors (Lipinski definition) is 3. The first kappa shape index (κ1) is 14.6. The van der Waals surface area contributed by atoms with Crippen molar-refractivity contribution in [3.05, 3.63) is 59.2 Å². The summed E-state index contributed by atoms with van der Waals surface area (Å²) >= 11 is 0. The van der Waals surface area contributed by atoms with E-state index in [1.165, 1.54) is 0 Å². The third-order valence-corrected chi connectivity index (χ3v) is 3.14.